The second-order valence-corrected chi connectivity index (χ2v) is 6.97. The van der Waals surface area contributed by atoms with Gasteiger partial charge >= 0.3 is 0 Å². The van der Waals surface area contributed by atoms with Crippen LogP contribution >= 0.6 is 11.8 Å². The first kappa shape index (κ1) is 18.1. The molecule has 1 unspecified atom stereocenters. The van der Waals surface area contributed by atoms with Gasteiger partial charge in [0.05, 0.1) is 18.1 Å². The summed E-state index contributed by atoms with van der Waals surface area (Å²) in [5.41, 5.74) is 0. The molecular formula is C17H26N2O3S. The molecule has 0 radical (unpaired) electrons. The standard InChI is InChI=1S/C17H26N2O3S/c1-14-4-7-19(8-5-14)12-15(20)11-18-17(21)6-10-23-13-16-3-2-9-22-16/h2-3,6,9-10,14-15,20H,4-5,7-8,11-13H2,1H3,(H,18,21)/b10-6+. The second-order valence-electron chi connectivity index (χ2n) is 6.08. The number of thioether (sulfide) groups is 1. The van der Waals surface area contributed by atoms with Crippen molar-refractivity contribution in [1.29, 1.82) is 0 Å². The fourth-order valence-electron chi connectivity index (χ4n) is 2.52. The van der Waals surface area contributed by atoms with Gasteiger partial charge in [0.15, 0.2) is 0 Å². The molecule has 2 rings (SSSR count). The van der Waals surface area contributed by atoms with Gasteiger partial charge in [0.25, 0.3) is 0 Å². The molecule has 1 saturated heterocycles. The van der Waals surface area contributed by atoms with Crippen molar-refractivity contribution >= 4 is 17.7 Å². The molecule has 2 heterocycles. The number of amides is 1. The number of furan rings is 1. The predicted octanol–water partition coefficient (Wildman–Crippen LogP) is 2.24. The molecule has 1 aromatic rings. The molecule has 0 aromatic carbocycles. The van der Waals surface area contributed by atoms with Crippen LogP contribution < -0.4 is 5.32 Å². The Morgan fingerprint density at radius 1 is 1.57 bits per heavy atom. The van der Waals surface area contributed by atoms with Gasteiger partial charge in [-0.15, -0.1) is 11.8 Å². The van der Waals surface area contributed by atoms with Gasteiger partial charge in [0.1, 0.15) is 5.76 Å². The summed E-state index contributed by atoms with van der Waals surface area (Å²) in [7, 11) is 0. The van der Waals surface area contributed by atoms with Gasteiger partial charge in [-0.1, -0.05) is 6.92 Å². The highest BCUT2D eigenvalue weighted by Gasteiger charge is 2.18. The summed E-state index contributed by atoms with van der Waals surface area (Å²) < 4.78 is 5.21. The third-order valence-corrected chi connectivity index (χ3v) is 4.76. The molecule has 2 N–H and O–H groups in total. The van der Waals surface area contributed by atoms with Gasteiger partial charge in [-0.2, -0.15) is 0 Å². The minimum absolute atomic E-state index is 0.178. The van der Waals surface area contributed by atoms with Crippen LogP contribution in [0.2, 0.25) is 0 Å². The van der Waals surface area contributed by atoms with E-state index in [1.54, 1.807) is 11.7 Å². The summed E-state index contributed by atoms with van der Waals surface area (Å²) in [4.78, 5) is 14.0. The van der Waals surface area contributed by atoms with Gasteiger partial charge in [0.2, 0.25) is 5.91 Å². The molecule has 1 aromatic heterocycles. The lowest BCUT2D eigenvalue weighted by Crippen LogP contribution is -2.42. The molecule has 1 atom stereocenters. The smallest absolute Gasteiger partial charge is 0.244 e. The van der Waals surface area contributed by atoms with Crippen LogP contribution in [0.1, 0.15) is 25.5 Å². The number of carbonyl (C=O) groups is 1. The maximum absolute atomic E-state index is 11.7. The quantitative estimate of drug-likeness (QED) is 0.712. The van der Waals surface area contributed by atoms with Crippen LogP contribution in [0.4, 0.5) is 0 Å². The van der Waals surface area contributed by atoms with Crippen LogP contribution in [-0.2, 0) is 10.5 Å². The first-order valence-electron chi connectivity index (χ1n) is 8.12. The van der Waals surface area contributed by atoms with E-state index in [-0.39, 0.29) is 12.5 Å². The van der Waals surface area contributed by atoms with E-state index in [2.05, 4.69) is 17.1 Å². The Kier molecular flexibility index (Phi) is 7.71. The van der Waals surface area contributed by atoms with Crippen LogP contribution in [0.15, 0.2) is 34.3 Å². The van der Waals surface area contributed by atoms with Crippen LogP contribution in [0.5, 0.6) is 0 Å². The number of likely N-dealkylation sites (tertiary alicyclic amines) is 1. The van der Waals surface area contributed by atoms with Crippen molar-refractivity contribution in [3.63, 3.8) is 0 Å². The zero-order valence-electron chi connectivity index (χ0n) is 13.6. The van der Waals surface area contributed by atoms with Crippen molar-refractivity contribution in [3.05, 3.63) is 35.6 Å². The molecule has 0 aliphatic carbocycles. The molecular weight excluding hydrogens is 312 g/mol. The molecule has 23 heavy (non-hydrogen) atoms. The largest absolute Gasteiger partial charge is 0.468 e. The third-order valence-electron chi connectivity index (χ3n) is 3.98. The lowest BCUT2D eigenvalue weighted by molar-refractivity contribution is -0.117. The first-order valence-corrected chi connectivity index (χ1v) is 9.17. The fourth-order valence-corrected chi connectivity index (χ4v) is 3.16. The minimum atomic E-state index is -0.517. The molecule has 1 aliphatic rings. The van der Waals surface area contributed by atoms with Crippen molar-refractivity contribution in [3.8, 4) is 0 Å². The summed E-state index contributed by atoms with van der Waals surface area (Å²) in [6.07, 6.45) is 4.99. The zero-order chi connectivity index (χ0) is 16.5. The van der Waals surface area contributed by atoms with Crippen LogP contribution in [0, 0.1) is 5.92 Å². The predicted molar refractivity (Wildman–Crippen MR) is 93.0 cm³/mol. The Bertz CT molecular complexity index is 482. The Balaban J connectivity index is 1.56. The number of nitrogens with zero attached hydrogens (tertiary/aromatic N) is 1. The summed E-state index contributed by atoms with van der Waals surface area (Å²) >= 11 is 1.50. The molecule has 6 heteroatoms. The maximum Gasteiger partial charge on any atom is 0.244 e. The van der Waals surface area contributed by atoms with Gasteiger partial charge < -0.3 is 19.7 Å². The highest BCUT2D eigenvalue weighted by molar-refractivity contribution is 8.01. The molecule has 0 bridgehead atoms. The lowest BCUT2D eigenvalue weighted by Gasteiger charge is -2.31. The normalized spacial score (nSPS) is 18.3. The fraction of sp³-hybridized carbons (Fsp3) is 0.588. The second kappa shape index (κ2) is 9.80. The van der Waals surface area contributed by atoms with E-state index in [1.165, 1.54) is 30.7 Å². The van der Waals surface area contributed by atoms with E-state index in [0.29, 0.717) is 12.3 Å². The van der Waals surface area contributed by atoms with Crippen molar-refractivity contribution in [2.24, 2.45) is 5.92 Å². The monoisotopic (exact) mass is 338 g/mol. The number of β-amino-alcohol motifs (C(OH)–C–C–N with tert-alkyl or cyclic N) is 1. The molecule has 0 saturated carbocycles. The van der Waals surface area contributed by atoms with Crippen molar-refractivity contribution in [1.82, 2.24) is 10.2 Å². The summed E-state index contributed by atoms with van der Waals surface area (Å²) in [6, 6.07) is 3.75. The van der Waals surface area contributed by atoms with E-state index >= 15 is 0 Å². The van der Waals surface area contributed by atoms with Crippen LogP contribution in [-0.4, -0.2) is 48.2 Å². The van der Waals surface area contributed by atoms with Gasteiger partial charge in [-0.3, -0.25) is 4.79 Å². The topological polar surface area (TPSA) is 65.7 Å². The summed E-state index contributed by atoms with van der Waals surface area (Å²) in [5.74, 6) is 2.19. The van der Waals surface area contributed by atoms with Gasteiger partial charge in [-0.05, 0) is 49.4 Å². The molecule has 0 spiro atoms. The molecule has 5 nitrogen and oxygen atoms in total. The molecule has 1 aliphatic heterocycles. The van der Waals surface area contributed by atoms with E-state index in [4.69, 9.17) is 4.42 Å². The highest BCUT2D eigenvalue weighted by Crippen LogP contribution is 2.16. The van der Waals surface area contributed by atoms with Gasteiger partial charge in [-0.25, -0.2) is 0 Å². The number of nitrogens with one attached hydrogen (secondary N) is 1. The number of aliphatic hydroxyl groups excluding tert-OH is 1. The number of hydrogen-bond acceptors (Lipinski definition) is 5. The van der Waals surface area contributed by atoms with Crippen LogP contribution in [0.3, 0.4) is 0 Å². The molecule has 128 valence electrons. The number of hydrogen-bond donors (Lipinski definition) is 2. The Morgan fingerprint density at radius 2 is 2.35 bits per heavy atom. The summed E-state index contributed by atoms with van der Waals surface area (Å²) in [6.45, 7) is 5.26. The highest BCUT2D eigenvalue weighted by atomic mass is 32.2. The van der Waals surface area contributed by atoms with E-state index < -0.39 is 6.10 Å². The zero-order valence-corrected chi connectivity index (χ0v) is 14.4. The van der Waals surface area contributed by atoms with Crippen LogP contribution in [0.25, 0.3) is 0 Å². The first-order chi connectivity index (χ1) is 11.1. The van der Waals surface area contributed by atoms with E-state index in [0.717, 1.165) is 24.8 Å². The average molecular weight is 338 g/mol. The minimum Gasteiger partial charge on any atom is -0.468 e. The van der Waals surface area contributed by atoms with Crippen molar-refractivity contribution in [2.75, 3.05) is 26.2 Å². The summed E-state index contributed by atoms with van der Waals surface area (Å²) in [5, 5.41) is 14.5. The Morgan fingerprint density at radius 3 is 3.04 bits per heavy atom. The third kappa shape index (κ3) is 7.24. The Hall–Kier alpha value is -1.24. The van der Waals surface area contributed by atoms with Crippen molar-refractivity contribution < 1.29 is 14.3 Å². The van der Waals surface area contributed by atoms with E-state index in [9.17, 15) is 9.90 Å². The van der Waals surface area contributed by atoms with Crippen molar-refractivity contribution in [2.45, 2.75) is 31.6 Å². The average Bonchev–Trinajstić information content (AvgIpc) is 3.05. The van der Waals surface area contributed by atoms with Gasteiger partial charge in [0, 0.05) is 19.2 Å². The number of carbonyl (C=O) groups excluding carboxylic acids is 1. The molecule has 1 amide bonds. The SMILES string of the molecule is CC1CCN(CC(O)CNC(=O)/C=C/SCc2ccco2)CC1. The Labute approximate surface area is 142 Å². The lowest BCUT2D eigenvalue weighted by atomic mass is 9.99. The number of piperidine rings is 1. The number of aliphatic hydroxyl groups is 1. The maximum atomic E-state index is 11.7. The number of rotatable bonds is 8. The molecule has 1 fully saturated rings. The van der Waals surface area contributed by atoms with E-state index in [1.807, 2.05) is 12.1 Å².